The lowest BCUT2D eigenvalue weighted by Gasteiger charge is -2.07. The second-order valence-electron chi connectivity index (χ2n) is 5.60. The molecule has 128 valence electrons. The standard InChI is InChI=1S/C18H19N5O2/c1-4-17(24)19-14-5-7-15(8-6-14)25-18-10-9-16(20-21-18)23-13(3)11-12(2)22-23/h5-11H,4H2,1-3H3,(H,19,24). The van der Waals surface area contributed by atoms with Gasteiger partial charge < -0.3 is 10.1 Å². The van der Waals surface area contributed by atoms with Gasteiger partial charge in [-0.2, -0.15) is 5.10 Å². The van der Waals surface area contributed by atoms with Crippen molar-refractivity contribution in [3.05, 3.63) is 53.9 Å². The van der Waals surface area contributed by atoms with Crippen molar-refractivity contribution in [3.8, 4) is 17.4 Å². The van der Waals surface area contributed by atoms with Gasteiger partial charge in [-0.05, 0) is 50.2 Å². The molecule has 3 rings (SSSR count). The first-order valence-corrected chi connectivity index (χ1v) is 8.00. The first-order chi connectivity index (χ1) is 12.0. The molecule has 7 heteroatoms. The number of benzene rings is 1. The van der Waals surface area contributed by atoms with Crippen molar-refractivity contribution in [2.45, 2.75) is 27.2 Å². The molecule has 1 N–H and O–H groups in total. The smallest absolute Gasteiger partial charge is 0.238 e. The summed E-state index contributed by atoms with van der Waals surface area (Å²) in [6.07, 6.45) is 0.440. The molecule has 25 heavy (non-hydrogen) atoms. The Morgan fingerprint density at radius 2 is 1.88 bits per heavy atom. The lowest BCUT2D eigenvalue weighted by molar-refractivity contribution is -0.115. The van der Waals surface area contributed by atoms with Gasteiger partial charge in [0.15, 0.2) is 5.82 Å². The Hall–Kier alpha value is -3.22. The highest BCUT2D eigenvalue weighted by molar-refractivity contribution is 5.90. The molecule has 7 nitrogen and oxygen atoms in total. The van der Waals surface area contributed by atoms with Crippen molar-refractivity contribution in [1.82, 2.24) is 20.0 Å². The molecular formula is C18H19N5O2. The summed E-state index contributed by atoms with van der Waals surface area (Å²) in [4.78, 5) is 11.4. The van der Waals surface area contributed by atoms with Crippen molar-refractivity contribution in [2.75, 3.05) is 5.32 Å². The van der Waals surface area contributed by atoms with Crippen LogP contribution in [0.1, 0.15) is 24.7 Å². The molecule has 2 aromatic heterocycles. The van der Waals surface area contributed by atoms with E-state index in [0.29, 0.717) is 23.9 Å². The molecule has 0 aliphatic heterocycles. The largest absolute Gasteiger partial charge is 0.438 e. The Kier molecular flexibility index (Phi) is 4.74. The number of anilines is 1. The molecule has 0 atom stereocenters. The fourth-order valence-electron chi connectivity index (χ4n) is 2.32. The Bertz CT molecular complexity index is 869. The van der Waals surface area contributed by atoms with Crippen LogP contribution in [0.15, 0.2) is 42.5 Å². The second kappa shape index (κ2) is 7.12. The summed E-state index contributed by atoms with van der Waals surface area (Å²) < 4.78 is 7.41. The van der Waals surface area contributed by atoms with Gasteiger partial charge in [0.05, 0.1) is 5.69 Å². The van der Waals surface area contributed by atoms with Crippen LogP contribution in [-0.2, 0) is 4.79 Å². The molecule has 0 saturated carbocycles. The zero-order chi connectivity index (χ0) is 17.8. The van der Waals surface area contributed by atoms with Gasteiger partial charge in [0.1, 0.15) is 5.75 Å². The van der Waals surface area contributed by atoms with Gasteiger partial charge in [-0.15, -0.1) is 10.2 Å². The summed E-state index contributed by atoms with van der Waals surface area (Å²) in [6, 6.07) is 12.6. The van der Waals surface area contributed by atoms with E-state index in [1.807, 2.05) is 19.9 Å². The lowest BCUT2D eigenvalue weighted by Crippen LogP contribution is -2.09. The second-order valence-corrected chi connectivity index (χ2v) is 5.60. The summed E-state index contributed by atoms with van der Waals surface area (Å²) in [6.45, 7) is 5.70. The third-order valence-electron chi connectivity index (χ3n) is 3.53. The summed E-state index contributed by atoms with van der Waals surface area (Å²) >= 11 is 0. The van der Waals surface area contributed by atoms with E-state index in [1.54, 1.807) is 48.0 Å². The van der Waals surface area contributed by atoms with E-state index in [0.717, 1.165) is 17.1 Å². The minimum absolute atomic E-state index is 0.0284. The summed E-state index contributed by atoms with van der Waals surface area (Å²) in [5.41, 5.74) is 2.64. The fourth-order valence-corrected chi connectivity index (χ4v) is 2.32. The van der Waals surface area contributed by atoms with Crippen LogP contribution < -0.4 is 10.1 Å². The van der Waals surface area contributed by atoms with Crippen molar-refractivity contribution in [1.29, 1.82) is 0 Å². The number of ether oxygens (including phenoxy) is 1. The van der Waals surface area contributed by atoms with E-state index in [2.05, 4.69) is 20.6 Å². The van der Waals surface area contributed by atoms with E-state index in [-0.39, 0.29) is 5.91 Å². The van der Waals surface area contributed by atoms with E-state index < -0.39 is 0 Å². The van der Waals surface area contributed by atoms with Crippen molar-refractivity contribution >= 4 is 11.6 Å². The maximum Gasteiger partial charge on any atom is 0.238 e. The SMILES string of the molecule is CCC(=O)Nc1ccc(Oc2ccc(-n3nc(C)cc3C)nn2)cc1. The molecule has 0 radical (unpaired) electrons. The first-order valence-electron chi connectivity index (χ1n) is 8.00. The van der Waals surface area contributed by atoms with Crippen LogP contribution in [0, 0.1) is 13.8 Å². The Morgan fingerprint density at radius 3 is 2.44 bits per heavy atom. The van der Waals surface area contributed by atoms with Crippen LogP contribution in [0.2, 0.25) is 0 Å². The highest BCUT2D eigenvalue weighted by Gasteiger charge is 2.07. The van der Waals surface area contributed by atoms with Crippen molar-refractivity contribution in [2.24, 2.45) is 0 Å². The Labute approximate surface area is 145 Å². The average Bonchev–Trinajstić information content (AvgIpc) is 2.95. The van der Waals surface area contributed by atoms with E-state index in [9.17, 15) is 4.79 Å². The third-order valence-corrected chi connectivity index (χ3v) is 3.53. The molecule has 1 aromatic carbocycles. The van der Waals surface area contributed by atoms with Gasteiger partial charge in [-0.3, -0.25) is 4.79 Å². The Morgan fingerprint density at radius 1 is 1.12 bits per heavy atom. The average molecular weight is 337 g/mol. The zero-order valence-electron chi connectivity index (χ0n) is 14.4. The quantitative estimate of drug-likeness (QED) is 0.771. The molecule has 0 fully saturated rings. The highest BCUT2D eigenvalue weighted by Crippen LogP contribution is 2.21. The zero-order valence-corrected chi connectivity index (χ0v) is 14.4. The lowest BCUT2D eigenvalue weighted by atomic mass is 10.3. The number of hydrogen-bond donors (Lipinski definition) is 1. The van der Waals surface area contributed by atoms with Crippen LogP contribution in [0.5, 0.6) is 11.6 Å². The molecule has 0 aliphatic carbocycles. The first kappa shape index (κ1) is 16.6. The number of aryl methyl sites for hydroxylation is 2. The highest BCUT2D eigenvalue weighted by atomic mass is 16.5. The Balaban J connectivity index is 1.69. The molecule has 3 aromatic rings. The van der Waals surface area contributed by atoms with Crippen LogP contribution in [0.4, 0.5) is 5.69 Å². The predicted molar refractivity (Wildman–Crippen MR) is 94.1 cm³/mol. The van der Waals surface area contributed by atoms with Crippen LogP contribution in [0.25, 0.3) is 5.82 Å². The number of rotatable bonds is 5. The predicted octanol–water partition coefficient (Wildman–Crippen LogP) is 3.42. The molecule has 0 aliphatic rings. The van der Waals surface area contributed by atoms with Gasteiger partial charge in [0.2, 0.25) is 11.8 Å². The number of carbonyl (C=O) groups excluding carboxylic acids is 1. The number of amides is 1. The van der Waals surface area contributed by atoms with Crippen molar-refractivity contribution in [3.63, 3.8) is 0 Å². The summed E-state index contributed by atoms with van der Waals surface area (Å²) in [7, 11) is 0. The van der Waals surface area contributed by atoms with Gasteiger partial charge in [-0.25, -0.2) is 4.68 Å². The molecule has 0 saturated heterocycles. The monoisotopic (exact) mass is 337 g/mol. The van der Waals surface area contributed by atoms with Crippen LogP contribution >= 0.6 is 0 Å². The molecule has 0 unspecified atom stereocenters. The van der Waals surface area contributed by atoms with Gasteiger partial charge >= 0.3 is 0 Å². The molecular weight excluding hydrogens is 318 g/mol. The maximum absolute atomic E-state index is 11.4. The van der Waals surface area contributed by atoms with Gasteiger partial charge in [0, 0.05) is 23.9 Å². The summed E-state index contributed by atoms with van der Waals surface area (Å²) in [5, 5.41) is 15.4. The van der Waals surface area contributed by atoms with Crippen LogP contribution in [0.3, 0.4) is 0 Å². The summed E-state index contributed by atoms with van der Waals surface area (Å²) in [5.74, 6) is 1.60. The van der Waals surface area contributed by atoms with E-state index in [4.69, 9.17) is 4.74 Å². The number of hydrogen-bond acceptors (Lipinski definition) is 5. The number of aromatic nitrogens is 4. The topological polar surface area (TPSA) is 81.9 Å². The van der Waals surface area contributed by atoms with Gasteiger partial charge in [0.25, 0.3) is 0 Å². The fraction of sp³-hybridized carbons (Fsp3) is 0.222. The number of carbonyl (C=O) groups is 1. The number of nitrogens with one attached hydrogen (secondary N) is 1. The van der Waals surface area contributed by atoms with Crippen molar-refractivity contribution < 1.29 is 9.53 Å². The molecule has 2 heterocycles. The van der Waals surface area contributed by atoms with E-state index >= 15 is 0 Å². The molecule has 1 amide bonds. The minimum Gasteiger partial charge on any atom is -0.438 e. The minimum atomic E-state index is -0.0284. The third kappa shape index (κ3) is 4.00. The maximum atomic E-state index is 11.4. The number of nitrogens with zero attached hydrogens (tertiary/aromatic N) is 4. The van der Waals surface area contributed by atoms with Crippen LogP contribution in [-0.4, -0.2) is 25.9 Å². The van der Waals surface area contributed by atoms with Gasteiger partial charge in [-0.1, -0.05) is 6.92 Å². The normalized spacial score (nSPS) is 10.5. The van der Waals surface area contributed by atoms with E-state index in [1.165, 1.54) is 0 Å². The molecule has 0 bridgehead atoms. The molecule has 0 spiro atoms.